The largest absolute Gasteiger partial charge is 0.472 e. The van der Waals surface area contributed by atoms with Gasteiger partial charge in [-0.3, -0.25) is 0 Å². The molecule has 0 unspecified atom stereocenters. The van der Waals surface area contributed by atoms with Crippen molar-refractivity contribution in [2.24, 2.45) is 0 Å². The Hall–Kier alpha value is -1.38. The quantitative estimate of drug-likeness (QED) is 0.801. The van der Waals surface area contributed by atoms with E-state index in [4.69, 9.17) is 26.3 Å². The summed E-state index contributed by atoms with van der Waals surface area (Å²) in [6.45, 7) is 0. The molecule has 2 rings (SSSR count). The average Bonchev–Trinajstić information content (AvgIpc) is 2.43. The lowest BCUT2D eigenvalue weighted by Gasteiger charge is -2.27. The number of nitrogens with zero attached hydrogens (tertiary/aromatic N) is 2. The third-order valence-corrected chi connectivity index (χ3v) is 3.54. The van der Waals surface area contributed by atoms with Gasteiger partial charge in [-0.2, -0.15) is 10.2 Å². The van der Waals surface area contributed by atoms with Crippen molar-refractivity contribution in [1.82, 2.24) is 4.98 Å². The first-order valence-corrected chi connectivity index (χ1v) is 6.47. The van der Waals surface area contributed by atoms with Crippen LogP contribution in [0.3, 0.4) is 0 Å². The van der Waals surface area contributed by atoms with Gasteiger partial charge in [0, 0.05) is 13.2 Å². The fraction of sp³-hybridized carbons (Fsp3) is 0.538. The number of hydrogen-bond acceptors (Lipinski definition) is 4. The van der Waals surface area contributed by atoms with Crippen LogP contribution in [0.15, 0.2) is 6.07 Å². The second-order valence-corrected chi connectivity index (χ2v) is 4.84. The highest BCUT2D eigenvalue weighted by molar-refractivity contribution is 6.30. The SMILES string of the molecule is COC1CCC(Oc2nc(Cl)c(C#N)cc2F)CC1. The number of nitriles is 1. The van der Waals surface area contributed by atoms with E-state index in [0.717, 1.165) is 31.7 Å². The minimum Gasteiger partial charge on any atom is -0.472 e. The van der Waals surface area contributed by atoms with E-state index in [-0.39, 0.29) is 28.8 Å². The van der Waals surface area contributed by atoms with Crippen LogP contribution < -0.4 is 4.74 Å². The van der Waals surface area contributed by atoms with E-state index in [1.54, 1.807) is 13.2 Å². The minimum absolute atomic E-state index is 0.00890. The van der Waals surface area contributed by atoms with E-state index >= 15 is 0 Å². The molecule has 0 spiro atoms. The molecule has 6 heteroatoms. The van der Waals surface area contributed by atoms with E-state index in [1.165, 1.54) is 0 Å². The summed E-state index contributed by atoms with van der Waals surface area (Å²) in [6.07, 6.45) is 3.51. The van der Waals surface area contributed by atoms with Gasteiger partial charge >= 0.3 is 0 Å². The van der Waals surface area contributed by atoms with Gasteiger partial charge in [-0.05, 0) is 25.7 Å². The molecule has 4 nitrogen and oxygen atoms in total. The standard InChI is InChI=1S/C13H14ClFN2O2/c1-18-9-2-4-10(5-3-9)19-13-11(15)6-8(7-16)12(14)17-13/h6,9-10H,2-5H2,1H3. The average molecular weight is 285 g/mol. The molecule has 0 N–H and O–H groups in total. The van der Waals surface area contributed by atoms with Crippen molar-refractivity contribution < 1.29 is 13.9 Å². The molecule has 102 valence electrons. The Balaban J connectivity index is 2.04. The molecular formula is C13H14ClFN2O2. The summed E-state index contributed by atoms with van der Waals surface area (Å²) in [5.74, 6) is -0.792. The smallest absolute Gasteiger partial charge is 0.252 e. The van der Waals surface area contributed by atoms with Crippen LogP contribution in [0.4, 0.5) is 4.39 Å². The van der Waals surface area contributed by atoms with Crippen LogP contribution in [0, 0.1) is 17.1 Å². The molecular weight excluding hydrogens is 271 g/mol. The van der Waals surface area contributed by atoms with Gasteiger partial charge in [0.05, 0.1) is 11.7 Å². The Bertz CT molecular complexity index is 496. The predicted octanol–water partition coefficient (Wildman–Crippen LogP) is 3.08. The number of methoxy groups -OCH3 is 1. The molecule has 0 radical (unpaired) electrons. The van der Waals surface area contributed by atoms with Crippen LogP contribution in [0.1, 0.15) is 31.2 Å². The first kappa shape index (κ1) is 14.0. The van der Waals surface area contributed by atoms with Crippen LogP contribution in [0.5, 0.6) is 5.88 Å². The Morgan fingerprint density at radius 3 is 2.58 bits per heavy atom. The van der Waals surface area contributed by atoms with Gasteiger partial charge in [0.1, 0.15) is 12.2 Å². The van der Waals surface area contributed by atoms with Crippen molar-refractivity contribution in [2.45, 2.75) is 37.9 Å². The number of aromatic nitrogens is 1. The molecule has 1 heterocycles. The van der Waals surface area contributed by atoms with Gasteiger partial charge in [0.15, 0.2) is 11.0 Å². The van der Waals surface area contributed by atoms with Crippen LogP contribution in [-0.4, -0.2) is 24.3 Å². The fourth-order valence-electron chi connectivity index (χ4n) is 2.16. The Morgan fingerprint density at radius 2 is 2.00 bits per heavy atom. The number of rotatable bonds is 3. The van der Waals surface area contributed by atoms with Crippen LogP contribution in [0.25, 0.3) is 0 Å². The van der Waals surface area contributed by atoms with Crippen LogP contribution in [0.2, 0.25) is 5.15 Å². The highest BCUT2D eigenvalue weighted by atomic mass is 35.5. The van der Waals surface area contributed by atoms with Crippen molar-refractivity contribution >= 4 is 11.6 Å². The van der Waals surface area contributed by atoms with Gasteiger partial charge in [-0.25, -0.2) is 4.39 Å². The summed E-state index contributed by atoms with van der Waals surface area (Å²) in [7, 11) is 1.69. The highest BCUT2D eigenvalue weighted by Crippen LogP contribution is 2.27. The number of halogens is 2. The minimum atomic E-state index is -0.658. The topological polar surface area (TPSA) is 55.1 Å². The van der Waals surface area contributed by atoms with Crippen LogP contribution >= 0.6 is 11.6 Å². The summed E-state index contributed by atoms with van der Waals surface area (Å²) >= 11 is 5.76. The normalized spacial score (nSPS) is 22.8. The molecule has 0 saturated heterocycles. The van der Waals surface area contributed by atoms with Crippen molar-refractivity contribution in [3.63, 3.8) is 0 Å². The monoisotopic (exact) mass is 284 g/mol. The van der Waals surface area contributed by atoms with Crippen molar-refractivity contribution in [3.8, 4) is 11.9 Å². The van der Waals surface area contributed by atoms with Gasteiger partial charge in [0.2, 0.25) is 0 Å². The first-order valence-electron chi connectivity index (χ1n) is 6.09. The zero-order valence-corrected chi connectivity index (χ0v) is 11.3. The summed E-state index contributed by atoms with van der Waals surface area (Å²) in [5.41, 5.74) is 0.00890. The summed E-state index contributed by atoms with van der Waals surface area (Å²) in [5, 5.41) is 8.68. The van der Waals surface area contributed by atoms with Crippen molar-refractivity contribution in [2.75, 3.05) is 7.11 Å². The maximum Gasteiger partial charge on any atom is 0.252 e. The van der Waals surface area contributed by atoms with E-state index in [9.17, 15) is 4.39 Å². The van der Waals surface area contributed by atoms with E-state index < -0.39 is 5.82 Å². The summed E-state index contributed by atoms with van der Waals surface area (Å²) in [6, 6.07) is 2.82. The van der Waals surface area contributed by atoms with Gasteiger partial charge in [0.25, 0.3) is 5.88 Å². The lowest BCUT2D eigenvalue weighted by Crippen LogP contribution is -2.28. The molecule has 1 saturated carbocycles. The maximum absolute atomic E-state index is 13.7. The Morgan fingerprint density at radius 1 is 1.37 bits per heavy atom. The lowest BCUT2D eigenvalue weighted by molar-refractivity contribution is 0.0302. The second-order valence-electron chi connectivity index (χ2n) is 4.48. The van der Waals surface area contributed by atoms with E-state index in [1.807, 2.05) is 0 Å². The number of pyridine rings is 1. The highest BCUT2D eigenvalue weighted by Gasteiger charge is 2.24. The van der Waals surface area contributed by atoms with E-state index in [0.29, 0.717) is 0 Å². The van der Waals surface area contributed by atoms with Gasteiger partial charge in [-0.1, -0.05) is 11.6 Å². The molecule has 0 amide bonds. The molecule has 0 aromatic carbocycles. The summed E-state index contributed by atoms with van der Waals surface area (Å²) in [4.78, 5) is 3.79. The molecule has 0 atom stereocenters. The van der Waals surface area contributed by atoms with Crippen molar-refractivity contribution in [3.05, 3.63) is 22.6 Å². The Kier molecular flexibility index (Phi) is 4.56. The molecule has 1 fully saturated rings. The van der Waals surface area contributed by atoms with Gasteiger partial charge in [-0.15, -0.1) is 0 Å². The zero-order chi connectivity index (χ0) is 13.8. The van der Waals surface area contributed by atoms with Crippen molar-refractivity contribution in [1.29, 1.82) is 5.26 Å². The fourth-order valence-corrected chi connectivity index (χ4v) is 2.33. The van der Waals surface area contributed by atoms with E-state index in [2.05, 4.69) is 4.98 Å². The number of ether oxygens (including phenoxy) is 2. The zero-order valence-electron chi connectivity index (χ0n) is 10.5. The van der Waals surface area contributed by atoms with Crippen LogP contribution in [-0.2, 0) is 4.74 Å². The molecule has 19 heavy (non-hydrogen) atoms. The molecule has 1 aromatic heterocycles. The lowest BCUT2D eigenvalue weighted by atomic mass is 9.95. The molecule has 0 bridgehead atoms. The second kappa shape index (κ2) is 6.18. The molecule has 0 aliphatic heterocycles. The molecule has 1 aliphatic carbocycles. The summed E-state index contributed by atoms with van der Waals surface area (Å²) < 4.78 is 24.5. The molecule has 1 aromatic rings. The third-order valence-electron chi connectivity index (χ3n) is 3.25. The molecule has 1 aliphatic rings. The Labute approximate surface area is 116 Å². The first-order chi connectivity index (χ1) is 9.13. The third kappa shape index (κ3) is 3.34. The predicted molar refractivity (Wildman–Crippen MR) is 67.6 cm³/mol. The maximum atomic E-state index is 13.7. The number of hydrogen-bond donors (Lipinski definition) is 0. The van der Waals surface area contributed by atoms with Gasteiger partial charge < -0.3 is 9.47 Å².